The molecule has 0 aliphatic carbocycles. The van der Waals surface area contributed by atoms with Gasteiger partial charge in [-0.15, -0.1) is 0 Å². The normalized spacial score (nSPS) is 11.2. The van der Waals surface area contributed by atoms with Crippen LogP contribution < -0.4 is 14.2 Å². The summed E-state index contributed by atoms with van der Waals surface area (Å²) in [6, 6.07) is 6.78. The summed E-state index contributed by atoms with van der Waals surface area (Å²) in [5, 5.41) is 0. The number of hydrogen-bond acceptors (Lipinski definition) is 4. The molecule has 9 heteroatoms. The van der Waals surface area contributed by atoms with Gasteiger partial charge in [-0.25, -0.2) is 12.8 Å². The molecule has 5 nitrogen and oxygen atoms in total. The van der Waals surface area contributed by atoms with E-state index >= 15 is 0 Å². The van der Waals surface area contributed by atoms with Crippen LogP contribution in [0.1, 0.15) is 0 Å². The molecule has 0 fully saturated rings. The third-order valence-electron chi connectivity index (χ3n) is 2.90. The van der Waals surface area contributed by atoms with Crippen molar-refractivity contribution in [3.63, 3.8) is 0 Å². The van der Waals surface area contributed by atoms with E-state index < -0.39 is 15.8 Å². The minimum absolute atomic E-state index is 0.0996. The number of methoxy groups -OCH3 is 2. The standard InChI is InChI=1S/C14H12Br2FNO4S/c1-21-12-6-9(16)14(7-13(12)22-2)23(19,20)18-11-4-3-8(15)5-10(11)17/h3-7,18H,1-2H3. The van der Waals surface area contributed by atoms with Crippen molar-refractivity contribution in [2.45, 2.75) is 4.90 Å². The van der Waals surface area contributed by atoms with Crippen LogP contribution in [0.5, 0.6) is 11.5 Å². The topological polar surface area (TPSA) is 64.6 Å². The van der Waals surface area contributed by atoms with Crippen LogP contribution >= 0.6 is 31.9 Å². The molecule has 23 heavy (non-hydrogen) atoms. The summed E-state index contributed by atoms with van der Waals surface area (Å²) in [4.78, 5) is -0.0996. The van der Waals surface area contributed by atoms with Crippen LogP contribution in [0.25, 0.3) is 0 Å². The SMILES string of the molecule is COc1cc(Br)c(S(=O)(=O)Nc2ccc(Br)cc2F)cc1OC. The first kappa shape index (κ1) is 18.0. The molecule has 0 spiro atoms. The van der Waals surface area contributed by atoms with Crippen molar-refractivity contribution in [2.24, 2.45) is 0 Å². The third-order valence-corrected chi connectivity index (χ3v) is 5.72. The number of halogens is 3. The highest BCUT2D eigenvalue weighted by molar-refractivity contribution is 9.10. The van der Waals surface area contributed by atoms with Gasteiger partial charge in [0.25, 0.3) is 10.0 Å². The molecule has 0 saturated heterocycles. The minimum Gasteiger partial charge on any atom is -0.493 e. The van der Waals surface area contributed by atoms with Crippen LogP contribution in [0, 0.1) is 5.82 Å². The number of benzene rings is 2. The third kappa shape index (κ3) is 3.96. The van der Waals surface area contributed by atoms with Gasteiger partial charge in [-0.05, 0) is 40.2 Å². The lowest BCUT2D eigenvalue weighted by molar-refractivity contribution is 0.353. The van der Waals surface area contributed by atoms with Gasteiger partial charge in [0.1, 0.15) is 10.7 Å². The van der Waals surface area contributed by atoms with Gasteiger partial charge in [-0.2, -0.15) is 0 Å². The number of nitrogens with one attached hydrogen (secondary N) is 1. The van der Waals surface area contributed by atoms with Gasteiger partial charge in [0.2, 0.25) is 0 Å². The lowest BCUT2D eigenvalue weighted by atomic mass is 10.3. The molecule has 0 aliphatic rings. The molecule has 2 aromatic rings. The predicted molar refractivity (Wildman–Crippen MR) is 92.2 cm³/mol. The molecule has 124 valence electrons. The first-order chi connectivity index (χ1) is 10.8. The number of ether oxygens (including phenoxy) is 2. The molecule has 0 aromatic heterocycles. The molecule has 0 aliphatic heterocycles. The van der Waals surface area contributed by atoms with Crippen LogP contribution in [-0.2, 0) is 10.0 Å². The minimum atomic E-state index is -4.02. The second-order valence-corrected chi connectivity index (χ2v) is 7.79. The molecule has 2 aromatic carbocycles. The fraction of sp³-hybridized carbons (Fsp3) is 0.143. The van der Waals surface area contributed by atoms with Gasteiger partial charge in [0, 0.05) is 15.0 Å². The van der Waals surface area contributed by atoms with Gasteiger partial charge in [0.05, 0.1) is 19.9 Å². The maximum Gasteiger partial charge on any atom is 0.263 e. The molecule has 2 rings (SSSR count). The Kier molecular flexibility index (Phi) is 5.53. The predicted octanol–water partition coefficient (Wildman–Crippen LogP) is 4.17. The zero-order valence-electron chi connectivity index (χ0n) is 12.1. The van der Waals surface area contributed by atoms with E-state index in [1.165, 1.54) is 44.6 Å². The Bertz CT molecular complexity index is 843. The molecule has 0 bridgehead atoms. The molecular formula is C14H12Br2FNO4S. The first-order valence-electron chi connectivity index (χ1n) is 6.18. The summed E-state index contributed by atoms with van der Waals surface area (Å²) in [5.74, 6) is -0.0833. The smallest absolute Gasteiger partial charge is 0.263 e. The molecule has 0 heterocycles. The lowest BCUT2D eigenvalue weighted by Crippen LogP contribution is -2.15. The molecule has 0 saturated carbocycles. The van der Waals surface area contributed by atoms with Gasteiger partial charge >= 0.3 is 0 Å². The summed E-state index contributed by atoms with van der Waals surface area (Å²) in [5.41, 5.74) is -0.158. The Hall–Kier alpha value is -1.32. The summed E-state index contributed by atoms with van der Waals surface area (Å²) in [7, 11) is -1.19. The van der Waals surface area contributed by atoms with E-state index in [0.29, 0.717) is 10.2 Å². The zero-order chi connectivity index (χ0) is 17.2. The van der Waals surface area contributed by atoms with Crippen molar-refractivity contribution in [3.8, 4) is 11.5 Å². The van der Waals surface area contributed by atoms with Crippen molar-refractivity contribution in [2.75, 3.05) is 18.9 Å². The van der Waals surface area contributed by atoms with Crippen LogP contribution in [0.15, 0.2) is 44.2 Å². The van der Waals surface area contributed by atoms with Crippen molar-refractivity contribution in [1.82, 2.24) is 0 Å². The largest absolute Gasteiger partial charge is 0.493 e. The number of hydrogen-bond donors (Lipinski definition) is 1. The molecular weight excluding hydrogens is 457 g/mol. The molecule has 0 unspecified atom stereocenters. The van der Waals surface area contributed by atoms with Crippen molar-refractivity contribution >= 4 is 47.6 Å². The average Bonchev–Trinajstić information content (AvgIpc) is 2.49. The Morgan fingerprint density at radius 3 is 2.22 bits per heavy atom. The number of rotatable bonds is 5. The molecule has 0 amide bonds. The maximum absolute atomic E-state index is 13.8. The highest BCUT2D eigenvalue weighted by atomic mass is 79.9. The quantitative estimate of drug-likeness (QED) is 0.715. The fourth-order valence-electron chi connectivity index (χ4n) is 1.81. The summed E-state index contributed by atoms with van der Waals surface area (Å²) in [6.45, 7) is 0. The van der Waals surface area contributed by atoms with Gasteiger partial charge in [-0.3, -0.25) is 4.72 Å². The molecule has 0 radical (unpaired) electrons. The fourth-order valence-corrected chi connectivity index (χ4v) is 4.25. The van der Waals surface area contributed by atoms with E-state index in [2.05, 4.69) is 36.6 Å². The van der Waals surface area contributed by atoms with E-state index in [4.69, 9.17) is 9.47 Å². The molecule has 1 N–H and O–H groups in total. The monoisotopic (exact) mass is 467 g/mol. The second-order valence-electron chi connectivity index (χ2n) is 4.37. The lowest BCUT2D eigenvalue weighted by Gasteiger charge is -2.14. The van der Waals surface area contributed by atoms with Crippen LogP contribution in [0.3, 0.4) is 0 Å². The van der Waals surface area contributed by atoms with Gasteiger partial charge in [-0.1, -0.05) is 15.9 Å². The summed E-state index contributed by atoms with van der Waals surface area (Å²) < 4.78 is 52.0. The van der Waals surface area contributed by atoms with Crippen molar-refractivity contribution in [3.05, 3.63) is 45.1 Å². The van der Waals surface area contributed by atoms with E-state index in [-0.39, 0.29) is 20.8 Å². The average molecular weight is 469 g/mol. The Balaban J connectivity index is 2.47. The second kappa shape index (κ2) is 7.06. The van der Waals surface area contributed by atoms with E-state index in [0.717, 1.165) is 0 Å². The highest BCUT2D eigenvalue weighted by Gasteiger charge is 2.22. The van der Waals surface area contributed by atoms with Gasteiger partial charge in [0.15, 0.2) is 11.5 Å². The zero-order valence-corrected chi connectivity index (χ0v) is 16.1. The van der Waals surface area contributed by atoms with E-state index in [9.17, 15) is 12.8 Å². The summed E-state index contributed by atoms with van der Waals surface area (Å²) in [6.07, 6.45) is 0. The van der Waals surface area contributed by atoms with Gasteiger partial charge < -0.3 is 9.47 Å². The Morgan fingerprint density at radius 2 is 1.65 bits per heavy atom. The number of sulfonamides is 1. The van der Waals surface area contributed by atoms with E-state index in [1.807, 2.05) is 0 Å². The number of anilines is 1. The van der Waals surface area contributed by atoms with Crippen LogP contribution in [-0.4, -0.2) is 22.6 Å². The van der Waals surface area contributed by atoms with Crippen LogP contribution in [0.2, 0.25) is 0 Å². The Labute approximate surface area is 150 Å². The van der Waals surface area contributed by atoms with Crippen molar-refractivity contribution < 1.29 is 22.3 Å². The highest BCUT2D eigenvalue weighted by Crippen LogP contribution is 2.36. The Morgan fingerprint density at radius 1 is 1.04 bits per heavy atom. The first-order valence-corrected chi connectivity index (χ1v) is 9.25. The van der Waals surface area contributed by atoms with Crippen molar-refractivity contribution in [1.29, 1.82) is 0 Å². The van der Waals surface area contributed by atoms with Crippen LogP contribution in [0.4, 0.5) is 10.1 Å². The van der Waals surface area contributed by atoms with E-state index in [1.54, 1.807) is 0 Å². The molecule has 0 atom stereocenters. The summed E-state index contributed by atoms with van der Waals surface area (Å²) >= 11 is 6.29. The maximum atomic E-state index is 13.8.